The van der Waals surface area contributed by atoms with Crippen LogP contribution < -0.4 is 10.6 Å². The summed E-state index contributed by atoms with van der Waals surface area (Å²) < 4.78 is 0. The molecule has 0 aliphatic carbocycles. The summed E-state index contributed by atoms with van der Waals surface area (Å²) in [4.78, 5) is 28.9. The largest absolute Gasteiger partial charge is 0.369 e. The van der Waals surface area contributed by atoms with Gasteiger partial charge in [0.05, 0.1) is 5.92 Å². The molecule has 2 rings (SSSR count). The normalized spacial score (nSPS) is 23.2. The summed E-state index contributed by atoms with van der Waals surface area (Å²) in [6.07, 6.45) is 3.33. The summed E-state index contributed by atoms with van der Waals surface area (Å²) in [7, 11) is 0. The zero-order valence-corrected chi connectivity index (χ0v) is 11.3. The summed E-state index contributed by atoms with van der Waals surface area (Å²) in [5, 5.41) is 0. The number of carbonyl (C=O) groups excluding carboxylic acids is 2. The van der Waals surface area contributed by atoms with E-state index in [2.05, 4.69) is 16.8 Å². The lowest BCUT2D eigenvalue weighted by Gasteiger charge is -2.37. The molecule has 1 amide bonds. The Kier molecular flexibility index (Phi) is 3.83. The molecule has 2 N–H and O–H groups in total. The van der Waals surface area contributed by atoms with Crippen molar-refractivity contribution in [1.29, 1.82) is 0 Å². The molecule has 1 fully saturated rings. The number of nitrogens with zero attached hydrogens (tertiary/aromatic N) is 2. The number of hydrogen-bond donors (Lipinski definition) is 1. The van der Waals surface area contributed by atoms with Crippen LogP contribution in [0, 0.1) is 5.92 Å². The standard InChI is InChI=1S/C14H19N3O2/c1-9-3-4-12(14(15)19)8-17(9)13-6-5-11(7-16-13)10(2)18/h5-7,9,12H,3-4,8H2,1-2H3,(H2,15,19). The molecule has 0 radical (unpaired) electrons. The van der Waals surface area contributed by atoms with Gasteiger partial charge in [-0.15, -0.1) is 0 Å². The van der Waals surface area contributed by atoms with Crippen LogP contribution in [-0.4, -0.2) is 29.3 Å². The summed E-state index contributed by atoms with van der Waals surface area (Å²) in [6, 6.07) is 3.92. The number of primary amides is 1. The Bertz CT molecular complexity index is 484. The zero-order chi connectivity index (χ0) is 14.0. The number of nitrogens with two attached hydrogens (primary N) is 1. The van der Waals surface area contributed by atoms with Crippen molar-refractivity contribution >= 4 is 17.5 Å². The van der Waals surface area contributed by atoms with Gasteiger partial charge in [-0.3, -0.25) is 9.59 Å². The first-order valence-corrected chi connectivity index (χ1v) is 6.52. The maximum absolute atomic E-state index is 11.3. The second-order valence-corrected chi connectivity index (χ2v) is 5.14. The fraction of sp³-hybridized carbons (Fsp3) is 0.500. The third-order valence-corrected chi connectivity index (χ3v) is 3.73. The van der Waals surface area contributed by atoms with E-state index in [1.165, 1.54) is 6.92 Å². The van der Waals surface area contributed by atoms with E-state index in [0.29, 0.717) is 18.2 Å². The van der Waals surface area contributed by atoms with Crippen molar-refractivity contribution in [3.8, 4) is 0 Å². The van der Waals surface area contributed by atoms with Crippen molar-refractivity contribution in [3.05, 3.63) is 23.9 Å². The van der Waals surface area contributed by atoms with Crippen LogP contribution in [0.3, 0.4) is 0 Å². The van der Waals surface area contributed by atoms with E-state index in [0.717, 1.165) is 18.7 Å². The Balaban J connectivity index is 2.18. The van der Waals surface area contributed by atoms with Crippen molar-refractivity contribution in [3.63, 3.8) is 0 Å². The lowest BCUT2D eigenvalue weighted by atomic mass is 9.93. The smallest absolute Gasteiger partial charge is 0.222 e. The van der Waals surface area contributed by atoms with Gasteiger partial charge in [0.15, 0.2) is 5.78 Å². The fourth-order valence-corrected chi connectivity index (χ4v) is 2.42. The Hall–Kier alpha value is -1.91. The minimum absolute atomic E-state index is 0.000699. The molecule has 0 spiro atoms. The zero-order valence-electron chi connectivity index (χ0n) is 11.3. The maximum atomic E-state index is 11.3. The van der Waals surface area contributed by atoms with Gasteiger partial charge in [0.25, 0.3) is 0 Å². The average Bonchev–Trinajstić information content (AvgIpc) is 2.39. The summed E-state index contributed by atoms with van der Waals surface area (Å²) >= 11 is 0. The van der Waals surface area contributed by atoms with Gasteiger partial charge in [-0.1, -0.05) is 0 Å². The Morgan fingerprint density at radius 2 is 2.11 bits per heavy atom. The molecule has 1 saturated heterocycles. The first kappa shape index (κ1) is 13.5. The third-order valence-electron chi connectivity index (χ3n) is 3.73. The summed E-state index contributed by atoms with van der Waals surface area (Å²) in [6.45, 7) is 4.23. The van der Waals surface area contributed by atoms with Gasteiger partial charge in [0.2, 0.25) is 5.91 Å². The van der Waals surface area contributed by atoms with Crippen molar-refractivity contribution in [2.75, 3.05) is 11.4 Å². The predicted molar refractivity (Wildman–Crippen MR) is 73.0 cm³/mol. The SMILES string of the molecule is CC(=O)c1ccc(N2CC(C(N)=O)CCC2C)nc1. The molecule has 19 heavy (non-hydrogen) atoms. The molecule has 5 heteroatoms. The highest BCUT2D eigenvalue weighted by molar-refractivity contribution is 5.93. The fourth-order valence-electron chi connectivity index (χ4n) is 2.42. The Morgan fingerprint density at radius 3 is 2.63 bits per heavy atom. The molecule has 1 aliphatic rings. The van der Waals surface area contributed by atoms with Crippen molar-refractivity contribution in [1.82, 2.24) is 4.98 Å². The van der Waals surface area contributed by atoms with Gasteiger partial charge < -0.3 is 10.6 Å². The molecular weight excluding hydrogens is 242 g/mol. The van der Waals surface area contributed by atoms with Gasteiger partial charge in [0.1, 0.15) is 5.82 Å². The van der Waals surface area contributed by atoms with Crippen LogP contribution in [0.15, 0.2) is 18.3 Å². The quantitative estimate of drug-likeness (QED) is 0.834. The molecule has 1 aliphatic heterocycles. The van der Waals surface area contributed by atoms with E-state index < -0.39 is 0 Å². The second-order valence-electron chi connectivity index (χ2n) is 5.14. The van der Waals surface area contributed by atoms with Crippen LogP contribution in [0.25, 0.3) is 0 Å². The van der Waals surface area contributed by atoms with Crippen molar-refractivity contribution in [2.24, 2.45) is 11.7 Å². The first-order chi connectivity index (χ1) is 8.99. The number of aromatic nitrogens is 1. The lowest BCUT2D eigenvalue weighted by molar-refractivity contribution is -0.122. The van der Waals surface area contributed by atoms with Gasteiger partial charge in [-0.2, -0.15) is 0 Å². The van der Waals surface area contributed by atoms with Crippen LogP contribution in [0.5, 0.6) is 0 Å². The predicted octanol–water partition coefficient (Wildman–Crippen LogP) is 1.37. The van der Waals surface area contributed by atoms with Crippen LogP contribution in [0.4, 0.5) is 5.82 Å². The maximum Gasteiger partial charge on any atom is 0.222 e. The van der Waals surface area contributed by atoms with Crippen molar-refractivity contribution in [2.45, 2.75) is 32.7 Å². The van der Waals surface area contributed by atoms with Crippen LogP contribution in [-0.2, 0) is 4.79 Å². The Morgan fingerprint density at radius 1 is 1.37 bits per heavy atom. The first-order valence-electron chi connectivity index (χ1n) is 6.52. The molecular formula is C14H19N3O2. The number of pyridine rings is 1. The number of rotatable bonds is 3. The van der Waals surface area contributed by atoms with Crippen LogP contribution >= 0.6 is 0 Å². The van der Waals surface area contributed by atoms with Gasteiger partial charge in [0, 0.05) is 24.3 Å². The summed E-state index contributed by atoms with van der Waals surface area (Å²) in [5.41, 5.74) is 5.98. The third kappa shape index (κ3) is 2.92. The molecule has 1 aromatic rings. The minimum Gasteiger partial charge on any atom is -0.369 e. The van der Waals surface area contributed by atoms with Gasteiger partial charge in [-0.05, 0) is 38.8 Å². The molecule has 2 unspecified atom stereocenters. The number of piperidine rings is 1. The van der Waals surface area contributed by atoms with E-state index in [-0.39, 0.29) is 17.6 Å². The number of amides is 1. The summed E-state index contributed by atoms with van der Waals surface area (Å²) in [5.74, 6) is 0.423. The molecule has 0 aromatic carbocycles. The molecule has 1 aromatic heterocycles. The molecule has 0 saturated carbocycles. The van der Waals surface area contributed by atoms with E-state index in [4.69, 9.17) is 5.73 Å². The highest BCUT2D eigenvalue weighted by Crippen LogP contribution is 2.26. The van der Waals surface area contributed by atoms with Crippen molar-refractivity contribution < 1.29 is 9.59 Å². The van der Waals surface area contributed by atoms with Gasteiger partial charge >= 0.3 is 0 Å². The molecule has 0 bridgehead atoms. The topological polar surface area (TPSA) is 76.3 Å². The number of anilines is 1. The van der Waals surface area contributed by atoms with Crippen LogP contribution in [0.2, 0.25) is 0 Å². The van der Waals surface area contributed by atoms with E-state index in [9.17, 15) is 9.59 Å². The number of ketones is 1. The minimum atomic E-state index is -0.253. The van der Waals surface area contributed by atoms with E-state index in [1.54, 1.807) is 12.3 Å². The molecule has 2 atom stereocenters. The monoisotopic (exact) mass is 261 g/mol. The highest BCUT2D eigenvalue weighted by atomic mass is 16.1. The molecule has 2 heterocycles. The number of Topliss-reactive ketones (excluding diaryl/α,β-unsaturated/α-hetero) is 1. The number of carbonyl (C=O) groups is 2. The highest BCUT2D eigenvalue weighted by Gasteiger charge is 2.29. The average molecular weight is 261 g/mol. The van der Waals surface area contributed by atoms with E-state index >= 15 is 0 Å². The Labute approximate surface area is 112 Å². The van der Waals surface area contributed by atoms with Gasteiger partial charge in [-0.25, -0.2) is 4.98 Å². The lowest BCUT2D eigenvalue weighted by Crippen LogP contribution is -2.46. The second kappa shape index (κ2) is 5.38. The molecule has 102 valence electrons. The van der Waals surface area contributed by atoms with Crippen LogP contribution in [0.1, 0.15) is 37.0 Å². The number of hydrogen-bond acceptors (Lipinski definition) is 4. The molecule has 5 nitrogen and oxygen atoms in total. The van der Waals surface area contributed by atoms with E-state index in [1.807, 2.05) is 6.07 Å².